The molecule has 0 aliphatic carbocycles. The van der Waals surface area contributed by atoms with Crippen LogP contribution in [0, 0.1) is 5.82 Å². The molecule has 0 bridgehead atoms. The molecule has 0 saturated carbocycles. The van der Waals surface area contributed by atoms with Crippen LogP contribution >= 0.6 is 11.6 Å². The minimum atomic E-state index is -0.741. The number of ether oxygens (including phenoxy) is 2. The highest BCUT2D eigenvalue weighted by molar-refractivity contribution is 6.67. The molecule has 1 aromatic rings. The van der Waals surface area contributed by atoms with E-state index in [1.807, 2.05) is 0 Å². The van der Waals surface area contributed by atoms with Gasteiger partial charge in [0.2, 0.25) is 0 Å². The summed E-state index contributed by atoms with van der Waals surface area (Å²) in [5.41, 5.74) is 0.0365. The Morgan fingerprint density at radius 2 is 2.20 bits per heavy atom. The summed E-state index contributed by atoms with van der Waals surface area (Å²) in [5, 5.41) is -0.741. The summed E-state index contributed by atoms with van der Waals surface area (Å²) >= 11 is 5.23. The average molecular weight is 233 g/mol. The first-order valence-electron chi connectivity index (χ1n) is 4.30. The van der Waals surface area contributed by atoms with E-state index in [-0.39, 0.29) is 17.1 Å². The maximum absolute atomic E-state index is 13.4. The zero-order chi connectivity index (χ0) is 11.4. The Balaban J connectivity index is 3.24. The Hall–Kier alpha value is -1.29. The lowest BCUT2D eigenvalue weighted by atomic mass is 10.2. The van der Waals surface area contributed by atoms with Crippen LogP contribution in [0.25, 0.3) is 0 Å². The summed E-state index contributed by atoms with van der Waals surface area (Å²) < 4.78 is 23.4. The highest BCUT2D eigenvalue weighted by atomic mass is 35.5. The van der Waals surface area contributed by atoms with Crippen LogP contribution in [-0.4, -0.2) is 19.0 Å². The molecule has 3 nitrogen and oxygen atoms in total. The molecule has 0 fully saturated rings. The predicted molar refractivity (Wildman–Crippen MR) is 54.3 cm³/mol. The Bertz CT molecular complexity index is 379. The van der Waals surface area contributed by atoms with Crippen molar-refractivity contribution >= 4 is 16.8 Å². The molecular weight excluding hydrogens is 223 g/mol. The fraction of sp³-hybridized carbons (Fsp3) is 0.300. The van der Waals surface area contributed by atoms with Gasteiger partial charge in [-0.05, 0) is 30.7 Å². The van der Waals surface area contributed by atoms with Gasteiger partial charge >= 0.3 is 0 Å². The molecule has 0 unspecified atom stereocenters. The first-order chi connectivity index (χ1) is 7.10. The van der Waals surface area contributed by atoms with Crippen molar-refractivity contribution in [2.45, 2.75) is 6.92 Å². The van der Waals surface area contributed by atoms with Gasteiger partial charge in [-0.1, -0.05) is 0 Å². The fourth-order valence-electron chi connectivity index (χ4n) is 1.12. The van der Waals surface area contributed by atoms with E-state index < -0.39 is 11.1 Å². The Labute approximate surface area is 91.7 Å². The van der Waals surface area contributed by atoms with E-state index in [0.717, 1.165) is 6.07 Å². The molecule has 1 rings (SSSR count). The standard InChI is InChI=1S/C10H10ClFO3/c1-3-15-9-7(12)4-6(10(11)13)5-8(9)14-2/h4-5H,3H2,1-2H3. The van der Waals surface area contributed by atoms with Gasteiger partial charge in [0.05, 0.1) is 13.7 Å². The third kappa shape index (κ3) is 2.59. The topological polar surface area (TPSA) is 35.5 Å². The van der Waals surface area contributed by atoms with Crippen LogP contribution in [0.3, 0.4) is 0 Å². The first-order valence-corrected chi connectivity index (χ1v) is 4.68. The van der Waals surface area contributed by atoms with Crippen LogP contribution in [0.5, 0.6) is 11.5 Å². The number of methoxy groups -OCH3 is 1. The SMILES string of the molecule is CCOc1c(F)cc(C(=O)Cl)cc1OC. The lowest BCUT2D eigenvalue weighted by molar-refractivity contribution is 0.108. The van der Waals surface area contributed by atoms with Gasteiger partial charge in [-0.3, -0.25) is 4.79 Å². The molecule has 0 aliphatic rings. The predicted octanol–water partition coefficient (Wildman–Crippen LogP) is 2.61. The number of halogens is 2. The van der Waals surface area contributed by atoms with Gasteiger partial charge in [-0.2, -0.15) is 0 Å². The highest BCUT2D eigenvalue weighted by Gasteiger charge is 2.15. The van der Waals surface area contributed by atoms with E-state index in [9.17, 15) is 9.18 Å². The van der Waals surface area contributed by atoms with Crippen molar-refractivity contribution < 1.29 is 18.7 Å². The Morgan fingerprint density at radius 3 is 2.67 bits per heavy atom. The third-order valence-electron chi connectivity index (χ3n) is 1.75. The van der Waals surface area contributed by atoms with E-state index in [1.54, 1.807) is 6.92 Å². The van der Waals surface area contributed by atoms with E-state index in [0.29, 0.717) is 6.61 Å². The summed E-state index contributed by atoms with van der Waals surface area (Å²) in [6.07, 6.45) is 0. The van der Waals surface area contributed by atoms with Crippen molar-refractivity contribution in [3.63, 3.8) is 0 Å². The highest BCUT2D eigenvalue weighted by Crippen LogP contribution is 2.32. The molecule has 0 amide bonds. The number of benzene rings is 1. The van der Waals surface area contributed by atoms with Crippen LogP contribution in [-0.2, 0) is 0 Å². The van der Waals surface area contributed by atoms with Gasteiger partial charge in [0, 0.05) is 5.56 Å². The number of hydrogen-bond donors (Lipinski definition) is 0. The van der Waals surface area contributed by atoms with Crippen molar-refractivity contribution in [1.82, 2.24) is 0 Å². The van der Waals surface area contributed by atoms with Gasteiger partial charge in [0.25, 0.3) is 5.24 Å². The number of rotatable bonds is 4. The van der Waals surface area contributed by atoms with E-state index in [4.69, 9.17) is 21.1 Å². The molecule has 0 N–H and O–H groups in total. The molecule has 0 radical (unpaired) electrons. The van der Waals surface area contributed by atoms with Crippen LogP contribution in [0.15, 0.2) is 12.1 Å². The molecule has 82 valence electrons. The van der Waals surface area contributed by atoms with E-state index in [1.165, 1.54) is 13.2 Å². The van der Waals surface area contributed by atoms with Crippen LogP contribution in [0.2, 0.25) is 0 Å². The zero-order valence-corrected chi connectivity index (χ0v) is 9.10. The summed E-state index contributed by atoms with van der Waals surface area (Å²) in [6.45, 7) is 2.03. The summed E-state index contributed by atoms with van der Waals surface area (Å²) in [5.74, 6) is -0.525. The van der Waals surface area contributed by atoms with Crippen LogP contribution in [0.4, 0.5) is 4.39 Å². The second kappa shape index (κ2) is 4.98. The zero-order valence-electron chi connectivity index (χ0n) is 8.34. The quantitative estimate of drug-likeness (QED) is 0.749. The normalized spacial score (nSPS) is 9.87. The maximum atomic E-state index is 13.4. The van der Waals surface area contributed by atoms with Crippen molar-refractivity contribution in [3.8, 4) is 11.5 Å². The monoisotopic (exact) mass is 232 g/mol. The van der Waals surface area contributed by atoms with E-state index >= 15 is 0 Å². The van der Waals surface area contributed by atoms with Crippen LogP contribution < -0.4 is 9.47 Å². The Morgan fingerprint density at radius 1 is 1.53 bits per heavy atom. The minimum absolute atomic E-state index is 0.0123. The molecule has 1 aromatic carbocycles. The van der Waals surface area contributed by atoms with Gasteiger partial charge in [-0.15, -0.1) is 0 Å². The largest absolute Gasteiger partial charge is 0.493 e. The Kier molecular flexibility index (Phi) is 3.91. The molecule has 0 spiro atoms. The number of carbonyl (C=O) groups is 1. The van der Waals surface area contributed by atoms with Gasteiger partial charge < -0.3 is 9.47 Å². The molecule has 15 heavy (non-hydrogen) atoms. The molecule has 5 heteroatoms. The van der Waals surface area contributed by atoms with Crippen molar-refractivity contribution in [1.29, 1.82) is 0 Å². The molecule has 0 saturated heterocycles. The second-order valence-corrected chi connectivity index (χ2v) is 3.04. The second-order valence-electron chi connectivity index (χ2n) is 2.70. The molecule has 0 atom stereocenters. The maximum Gasteiger partial charge on any atom is 0.252 e. The fourth-order valence-corrected chi connectivity index (χ4v) is 1.23. The first kappa shape index (κ1) is 11.8. The number of hydrogen-bond acceptors (Lipinski definition) is 3. The van der Waals surface area contributed by atoms with Gasteiger partial charge in [0.1, 0.15) is 0 Å². The smallest absolute Gasteiger partial charge is 0.252 e. The molecule has 0 heterocycles. The lowest BCUT2D eigenvalue weighted by Crippen LogP contribution is -2.01. The average Bonchev–Trinajstić information content (AvgIpc) is 2.20. The molecule has 0 aliphatic heterocycles. The third-order valence-corrected chi connectivity index (χ3v) is 1.96. The summed E-state index contributed by atoms with van der Waals surface area (Å²) in [4.78, 5) is 10.8. The molecular formula is C10H10ClFO3. The minimum Gasteiger partial charge on any atom is -0.493 e. The van der Waals surface area contributed by atoms with E-state index in [2.05, 4.69) is 0 Å². The van der Waals surface area contributed by atoms with Gasteiger partial charge in [0.15, 0.2) is 17.3 Å². The van der Waals surface area contributed by atoms with Crippen LogP contribution in [0.1, 0.15) is 17.3 Å². The lowest BCUT2D eigenvalue weighted by Gasteiger charge is -2.10. The van der Waals surface area contributed by atoms with Crippen molar-refractivity contribution in [2.24, 2.45) is 0 Å². The summed E-state index contributed by atoms with van der Waals surface area (Å²) in [7, 11) is 1.36. The van der Waals surface area contributed by atoms with Gasteiger partial charge in [-0.25, -0.2) is 4.39 Å². The number of carbonyl (C=O) groups excluding carboxylic acids is 1. The summed E-state index contributed by atoms with van der Waals surface area (Å²) in [6, 6.07) is 2.35. The van der Waals surface area contributed by atoms with Crippen molar-refractivity contribution in [2.75, 3.05) is 13.7 Å². The molecule has 0 aromatic heterocycles. The van der Waals surface area contributed by atoms with Crippen molar-refractivity contribution in [3.05, 3.63) is 23.5 Å².